The van der Waals surface area contributed by atoms with Gasteiger partial charge in [-0.1, -0.05) is 11.8 Å². The second-order valence-electron chi connectivity index (χ2n) is 3.18. The molecule has 0 unspecified atom stereocenters. The van der Waals surface area contributed by atoms with E-state index < -0.39 is 0 Å². The highest BCUT2D eigenvalue weighted by molar-refractivity contribution is 7.99. The summed E-state index contributed by atoms with van der Waals surface area (Å²) in [6, 6.07) is 10.9. The van der Waals surface area contributed by atoms with Crippen LogP contribution >= 0.6 is 11.8 Å². The molecular weight excluding hydrogens is 236 g/mol. The van der Waals surface area contributed by atoms with Crippen molar-refractivity contribution in [3.05, 3.63) is 48.2 Å². The number of benzene rings is 1. The Morgan fingerprint density at radius 2 is 2.00 bits per heavy atom. The molecule has 4 nitrogen and oxygen atoms in total. The lowest BCUT2D eigenvalue weighted by molar-refractivity contribution is 0.0600. The zero-order valence-electron chi connectivity index (χ0n) is 9.16. The van der Waals surface area contributed by atoms with Crippen molar-refractivity contribution in [2.24, 2.45) is 0 Å². The fourth-order valence-corrected chi connectivity index (χ4v) is 1.99. The van der Waals surface area contributed by atoms with Crippen LogP contribution in [0.25, 0.3) is 0 Å². The number of aromatic nitrogens is 2. The van der Waals surface area contributed by atoms with Crippen LogP contribution in [0.15, 0.2) is 52.5 Å². The van der Waals surface area contributed by atoms with Gasteiger partial charge in [-0.2, -0.15) is 5.10 Å². The Bertz CT molecular complexity index is 500. The van der Waals surface area contributed by atoms with Crippen LogP contribution in [0.3, 0.4) is 0 Å². The molecule has 0 aliphatic carbocycles. The van der Waals surface area contributed by atoms with E-state index >= 15 is 0 Å². The molecule has 1 aromatic carbocycles. The Kier molecular flexibility index (Phi) is 3.72. The maximum atomic E-state index is 11.2. The molecule has 17 heavy (non-hydrogen) atoms. The quantitative estimate of drug-likeness (QED) is 0.778. The third-order valence-electron chi connectivity index (χ3n) is 2.05. The predicted molar refractivity (Wildman–Crippen MR) is 63.9 cm³/mol. The summed E-state index contributed by atoms with van der Waals surface area (Å²) in [5.41, 5.74) is 0.538. The first-order chi connectivity index (χ1) is 8.29. The van der Waals surface area contributed by atoms with Crippen molar-refractivity contribution in [2.45, 2.75) is 9.92 Å². The van der Waals surface area contributed by atoms with Gasteiger partial charge in [-0.15, -0.1) is 5.10 Å². The maximum Gasteiger partial charge on any atom is 0.337 e. The van der Waals surface area contributed by atoms with Gasteiger partial charge in [0.25, 0.3) is 0 Å². The number of methoxy groups -OCH3 is 1. The molecule has 0 amide bonds. The standard InChI is InChI=1S/C12H10N2O2S/c1-16-12(15)9-4-6-10(7-5-9)17-11-3-2-8-13-14-11/h2-8H,1H3. The van der Waals surface area contributed by atoms with Gasteiger partial charge >= 0.3 is 5.97 Å². The molecule has 0 aliphatic heterocycles. The van der Waals surface area contributed by atoms with Crippen molar-refractivity contribution in [3.63, 3.8) is 0 Å². The fourth-order valence-electron chi connectivity index (χ4n) is 1.24. The first-order valence-electron chi connectivity index (χ1n) is 4.93. The molecule has 0 bridgehead atoms. The molecule has 0 atom stereocenters. The predicted octanol–water partition coefficient (Wildman–Crippen LogP) is 2.41. The highest BCUT2D eigenvalue weighted by Crippen LogP contribution is 2.25. The third kappa shape index (κ3) is 3.04. The smallest absolute Gasteiger partial charge is 0.337 e. The molecule has 2 aromatic rings. The molecule has 0 fully saturated rings. The molecule has 1 aromatic heterocycles. The van der Waals surface area contributed by atoms with E-state index in [1.807, 2.05) is 24.3 Å². The molecule has 1 heterocycles. The molecule has 0 saturated heterocycles. The summed E-state index contributed by atoms with van der Waals surface area (Å²) in [7, 11) is 1.37. The van der Waals surface area contributed by atoms with Crippen LogP contribution in [0.5, 0.6) is 0 Å². The number of carbonyl (C=O) groups is 1. The summed E-state index contributed by atoms with van der Waals surface area (Å²) >= 11 is 1.49. The molecule has 0 radical (unpaired) electrons. The highest BCUT2D eigenvalue weighted by atomic mass is 32.2. The topological polar surface area (TPSA) is 52.1 Å². The van der Waals surface area contributed by atoms with E-state index in [-0.39, 0.29) is 5.97 Å². The van der Waals surface area contributed by atoms with Crippen LogP contribution in [0.4, 0.5) is 0 Å². The van der Waals surface area contributed by atoms with Crippen LogP contribution in [-0.4, -0.2) is 23.3 Å². The van der Waals surface area contributed by atoms with E-state index in [2.05, 4.69) is 14.9 Å². The van der Waals surface area contributed by atoms with Crippen molar-refractivity contribution < 1.29 is 9.53 Å². The summed E-state index contributed by atoms with van der Waals surface area (Å²) in [5.74, 6) is -0.332. The second-order valence-corrected chi connectivity index (χ2v) is 4.27. The van der Waals surface area contributed by atoms with Crippen molar-refractivity contribution in [2.75, 3.05) is 7.11 Å². The van der Waals surface area contributed by atoms with Gasteiger partial charge in [0.1, 0.15) is 5.03 Å². The van der Waals surface area contributed by atoms with Gasteiger partial charge in [0.2, 0.25) is 0 Å². The Labute approximate surface area is 103 Å². The molecule has 0 spiro atoms. The van der Waals surface area contributed by atoms with Gasteiger partial charge in [-0.3, -0.25) is 0 Å². The van der Waals surface area contributed by atoms with Gasteiger partial charge in [-0.05, 0) is 36.4 Å². The Morgan fingerprint density at radius 1 is 1.24 bits per heavy atom. The molecule has 5 heteroatoms. The maximum absolute atomic E-state index is 11.2. The lowest BCUT2D eigenvalue weighted by atomic mass is 10.2. The minimum atomic E-state index is -0.332. The van der Waals surface area contributed by atoms with Crippen LogP contribution in [0.2, 0.25) is 0 Å². The zero-order chi connectivity index (χ0) is 12.1. The number of ether oxygens (including phenoxy) is 1. The SMILES string of the molecule is COC(=O)c1ccc(Sc2cccnn2)cc1. The summed E-state index contributed by atoms with van der Waals surface area (Å²) in [6.07, 6.45) is 1.63. The van der Waals surface area contributed by atoms with Crippen molar-refractivity contribution in [1.29, 1.82) is 0 Å². The van der Waals surface area contributed by atoms with Crippen LogP contribution in [-0.2, 0) is 4.74 Å². The van der Waals surface area contributed by atoms with E-state index in [0.29, 0.717) is 5.56 Å². The lowest BCUT2D eigenvalue weighted by Crippen LogP contribution is -2.00. The normalized spacial score (nSPS) is 9.94. The molecule has 2 rings (SSSR count). The van der Waals surface area contributed by atoms with E-state index in [4.69, 9.17) is 0 Å². The monoisotopic (exact) mass is 246 g/mol. The number of esters is 1. The molecule has 0 saturated carbocycles. The minimum absolute atomic E-state index is 0.332. The second kappa shape index (κ2) is 5.45. The van der Waals surface area contributed by atoms with Gasteiger partial charge in [-0.25, -0.2) is 4.79 Å². The number of hydrogen-bond donors (Lipinski definition) is 0. The number of carbonyl (C=O) groups excluding carboxylic acids is 1. The molecule has 86 valence electrons. The zero-order valence-corrected chi connectivity index (χ0v) is 9.98. The Balaban J connectivity index is 2.11. The number of rotatable bonds is 3. The molecular formula is C12H10N2O2S. The van der Waals surface area contributed by atoms with Crippen LogP contribution in [0, 0.1) is 0 Å². The van der Waals surface area contributed by atoms with Gasteiger partial charge in [0.15, 0.2) is 0 Å². The Morgan fingerprint density at radius 3 is 2.59 bits per heavy atom. The number of nitrogens with zero attached hydrogens (tertiary/aromatic N) is 2. The highest BCUT2D eigenvalue weighted by Gasteiger charge is 2.05. The van der Waals surface area contributed by atoms with E-state index in [0.717, 1.165) is 9.92 Å². The summed E-state index contributed by atoms with van der Waals surface area (Å²) < 4.78 is 4.63. The number of hydrogen-bond acceptors (Lipinski definition) is 5. The average Bonchev–Trinajstić information content (AvgIpc) is 2.40. The van der Waals surface area contributed by atoms with E-state index in [1.165, 1.54) is 18.9 Å². The first kappa shape index (κ1) is 11.6. The van der Waals surface area contributed by atoms with Crippen LogP contribution < -0.4 is 0 Å². The summed E-state index contributed by atoms with van der Waals surface area (Å²) in [5, 5.41) is 8.58. The summed E-state index contributed by atoms with van der Waals surface area (Å²) in [4.78, 5) is 12.2. The van der Waals surface area contributed by atoms with E-state index in [1.54, 1.807) is 18.3 Å². The Hall–Kier alpha value is -1.88. The fraction of sp³-hybridized carbons (Fsp3) is 0.0833. The largest absolute Gasteiger partial charge is 0.465 e. The van der Waals surface area contributed by atoms with Crippen molar-refractivity contribution >= 4 is 17.7 Å². The van der Waals surface area contributed by atoms with Gasteiger partial charge in [0.05, 0.1) is 12.7 Å². The lowest BCUT2D eigenvalue weighted by Gasteiger charge is -2.01. The summed E-state index contributed by atoms with van der Waals surface area (Å²) in [6.45, 7) is 0. The molecule has 0 N–H and O–H groups in total. The van der Waals surface area contributed by atoms with Crippen molar-refractivity contribution in [1.82, 2.24) is 10.2 Å². The van der Waals surface area contributed by atoms with Crippen LogP contribution in [0.1, 0.15) is 10.4 Å². The third-order valence-corrected chi connectivity index (χ3v) is 2.98. The minimum Gasteiger partial charge on any atom is -0.465 e. The molecule has 0 aliphatic rings. The average molecular weight is 246 g/mol. The van der Waals surface area contributed by atoms with E-state index in [9.17, 15) is 4.79 Å². The first-order valence-corrected chi connectivity index (χ1v) is 5.75. The van der Waals surface area contributed by atoms with Gasteiger partial charge < -0.3 is 4.74 Å². The van der Waals surface area contributed by atoms with Crippen molar-refractivity contribution in [3.8, 4) is 0 Å². The van der Waals surface area contributed by atoms with Gasteiger partial charge in [0, 0.05) is 11.1 Å².